The quantitative estimate of drug-likeness (QED) is 0.819. The van der Waals surface area contributed by atoms with Crippen LogP contribution in [0, 0.1) is 24.2 Å². The lowest BCUT2D eigenvalue weighted by Gasteiger charge is -2.23. The minimum atomic E-state index is 0.0554. The first-order valence-corrected chi connectivity index (χ1v) is 6.16. The van der Waals surface area contributed by atoms with E-state index in [0.29, 0.717) is 0 Å². The number of nitrogens with zero attached hydrogens (tertiary/aromatic N) is 2. The third-order valence-corrected chi connectivity index (χ3v) is 3.27. The van der Waals surface area contributed by atoms with Gasteiger partial charge in [0.1, 0.15) is 0 Å². The molecule has 0 bridgehead atoms. The van der Waals surface area contributed by atoms with Crippen LogP contribution >= 0.6 is 0 Å². The number of aryl methyl sites for hydroxylation is 1. The predicted molar refractivity (Wildman–Crippen MR) is 70.0 cm³/mol. The van der Waals surface area contributed by atoms with Crippen molar-refractivity contribution in [1.29, 1.82) is 5.26 Å². The Morgan fingerprint density at radius 1 is 1.39 bits per heavy atom. The molecule has 18 heavy (non-hydrogen) atoms. The molecule has 0 fully saturated rings. The second-order valence-corrected chi connectivity index (χ2v) is 4.61. The molecule has 1 unspecified atom stereocenters. The number of rotatable bonds is 4. The van der Waals surface area contributed by atoms with Crippen LogP contribution in [0.3, 0.4) is 0 Å². The standard InChI is InChI=1S/C14H18N2O2/c1-4-11(7-15)8-16(3)12-6-14-13(5-10(12)2)17-9-18-14/h5-6,11H,4,8-9H2,1-3H3. The Labute approximate surface area is 108 Å². The minimum absolute atomic E-state index is 0.0554. The lowest BCUT2D eigenvalue weighted by molar-refractivity contribution is 0.174. The van der Waals surface area contributed by atoms with E-state index in [2.05, 4.69) is 11.0 Å². The van der Waals surface area contributed by atoms with Crippen molar-refractivity contribution in [3.05, 3.63) is 17.7 Å². The summed E-state index contributed by atoms with van der Waals surface area (Å²) >= 11 is 0. The van der Waals surface area contributed by atoms with E-state index in [1.165, 1.54) is 0 Å². The van der Waals surface area contributed by atoms with Crippen molar-refractivity contribution in [3.63, 3.8) is 0 Å². The molecule has 0 saturated heterocycles. The smallest absolute Gasteiger partial charge is 0.231 e. The summed E-state index contributed by atoms with van der Waals surface area (Å²) < 4.78 is 10.7. The summed E-state index contributed by atoms with van der Waals surface area (Å²) in [7, 11) is 2.00. The highest BCUT2D eigenvalue weighted by Crippen LogP contribution is 2.37. The molecule has 0 radical (unpaired) electrons. The first-order chi connectivity index (χ1) is 8.65. The molecule has 0 amide bonds. The zero-order chi connectivity index (χ0) is 13.1. The van der Waals surface area contributed by atoms with Crippen LogP contribution in [-0.2, 0) is 0 Å². The Kier molecular flexibility index (Phi) is 3.61. The van der Waals surface area contributed by atoms with E-state index < -0.39 is 0 Å². The number of anilines is 1. The van der Waals surface area contributed by atoms with E-state index in [4.69, 9.17) is 14.7 Å². The maximum absolute atomic E-state index is 9.02. The number of hydrogen-bond donors (Lipinski definition) is 0. The van der Waals surface area contributed by atoms with Gasteiger partial charge < -0.3 is 14.4 Å². The molecular weight excluding hydrogens is 228 g/mol. The van der Waals surface area contributed by atoms with Crippen molar-refractivity contribution in [2.45, 2.75) is 20.3 Å². The molecule has 4 nitrogen and oxygen atoms in total. The molecule has 1 aliphatic rings. The molecule has 0 aliphatic carbocycles. The van der Waals surface area contributed by atoms with Crippen molar-refractivity contribution in [2.24, 2.45) is 5.92 Å². The molecule has 1 aromatic carbocycles. The van der Waals surface area contributed by atoms with Gasteiger partial charge in [-0.05, 0) is 25.0 Å². The number of benzene rings is 1. The van der Waals surface area contributed by atoms with Gasteiger partial charge in [0, 0.05) is 25.3 Å². The maximum Gasteiger partial charge on any atom is 0.231 e. The SMILES string of the molecule is CCC(C#N)CN(C)c1cc2c(cc1C)OCO2. The molecule has 0 N–H and O–H groups in total. The first kappa shape index (κ1) is 12.6. The normalized spacial score (nSPS) is 14.1. The second-order valence-electron chi connectivity index (χ2n) is 4.61. The fourth-order valence-corrected chi connectivity index (χ4v) is 2.13. The summed E-state index contributed by atoms with van der Waals surface area (Å²) in [6.45, 7) is 5.10. The van der Waals surface area contributed by atoms with Crippen molar-refractivity contribution in [3.8, 4) is 17.6 Å². The van der Waals surface area contributed by atoms with Gasteiger partial charge >= 0.3 is 0 Å². The molecule has 4 heteroatoms. The van der Waals surface area contributed by atoms with Crippen molar-refractivity contribution < 1.29 is 9.47 Å². The summed E-state index contributed by atoms with van der Waals surface area (Å²) in [5.41, 5.74) is 2.22. The van der Waals surface area contributed by atoms with Crippen LogP contribution in [0.2, 0.25) is 0 Å². The minimum Gasteiger partial charge on any atom is -0.454 e. The van der Waals surface area contributed by atoms with Crippen LogP contribution in [0.4, 0.5) is 5.69 Å². The zero-order valence-corrected chi connectivity index (χ0v) is 11.1. The molecule has 1 aliphatic heterocycles. The van der Waals surface area contributed by atoms with Gasteiger partial charge in [-0.15, -0.1) is 0 Å². The highest BCUT2D eigenvalue weighted by molar-refractivity contribution is 5.62. The molecular formula is C14H18N2O2. The molecule has 1 aromatic rings. The monoisotopic (exact) mass is 246 g/mol. The molecule has 0 saturated carbocycles. The molecule has 96 valence electrons. The van der Waals surface area contributed by atoms with E-state index in [-0.39, 0.29) is 12.7 Å². The van der Waals surface area contributed by atoms with Crippen LogP contribution < -0.4 is 14.4 Å². The summed E-state index contributed by atoms with van der Waals surface area (Å²) in [4.78, 5) is 2.11. The fraction of sp³-hybridized carbons (Fsp3) is 0.500. The largest absolute Gasteiger partial charge is 0.454 e. The summed E-state index contributed by atoms with van der Waals surface area (Å²) in [6.07, 6.45) is 0.866. The predicted octanol–water partition coefficient (Wildman–Crippen LogP) is 2.71. The zero-order valence-electron chi connectivity index (χ0n) is 11.1. The summed E-state index contributed by atoms with van der Waals surface area (Å²) in [6, 6.07) is 6.30. The molecule has 0 aromatic heterocycles. The van der Waals surface area contributed by atoms with Crippen LogP contribution in [-0.4, -0.2) is 20.4 Å². The number of hydrogen-bond acceptors (Lipinski definition) is 4. The Hall–Kier alpha value is -1.89. The van der Waals surface area contributed by atoms with Crippen molar-refractivity contribution in [1.82, 2.24) is 0 Å². The fourth-order valence-electron chi connectivity index (χ4n) is 2.13. The summed E-state index contributed by atoms with van der Waals surface area (Å²) in [5, 5.41) is 9.02. The van der Waals surface area contributed by atoms with Gasteiger partial charge in [-0.1, -0.05) is 6.92 Å². The third kappa shape index (κ3) is 2.35. The van der Waals surface area contributed by atoms with Gasteiger partial charge in [-0.2, -0.15) is 5.26 Å². The lowest BCUT2D eigenvalue weighted by Crippen LogP contribution is -2.25. The van der Waals surface area contributed by atoms with Crippen LogP contribution in [0.5, 0.6) is 11.5 Å². The van der Waals surface area contributed by atoms with Crippen molar-refractivity contribution >= 4 is 5.69 Å². The van der Waals surface area contributed by atoms with Crippen molar-refractivity contribution in [2.75, 3.05) is 25.3 Å². The van der Waals surface area contributed by atoms with Gasteiger partial charge in [-0.25, -0.2) is 0 Å². The van der Waals surface area contributed by atoms with E-state index in [0.717, 1.165) is 35.7 Å². The van der Waals surface area contributed by atoms with Gasteiger partial charge in [0.25, 0.3) is 0 Å². The van der Waals surface area contributed by atoms with Crippen LogP contribution in [0.15, 0.2) is 12.1 Å². The number of nitriles is 1. The second kappa shape index (κ2) is 5.18. The third-order valence-electron chi connectivity index (χ3n) is 3.27. The van der Waals surface area contributed by atoms with Crippen LogP contribution in [0.25, 0.3) is 0 Å². The van der Waals surface area contributed by atoms with E-state index in [1.54, 1.807) is 0 Å². The number of fused-ring (bicyclic) bond motifs is 1. The van der Waals surface area contributed by atoms with E-state index >= 15 is 0 Å². The topological polar surface area (TPSA) is 45.5 Å². The van der Waals surface area contributed by atoms with Gasteiger partial charge in [-0.3, -0.25) is 0 Å². The molecule has 2 rings (SSSR count). The van der Waals surface area contributed by atoms with E-state index in [1.807, 2.05) is 33.0 Å². The Morgan fingerprint density at radius 3 is 2.67 bits per heavy atom. The summed E-state index contributed by atoms with van der Waals surface area (Å²) in [5.74, 6) is 1.64. The first-order valence-electron chi connectivity index (χ1n) is 6.16. The van der Waals surface area contributed by atoms with Gasteiger partial charge in [0.2, 0.25) is 6.79 Å². The average Bonchev–Trinajstić information content (AvgIpc) is 2.81. The highest BCUT2D eigenvalue weighted by Gasteiger charge is 2.18. The highest BCUT2D eigenvalue weighted by atomic mass is 16.7. The lowest BCUT2D eigenvalue weighted by atomic mass is 10.1. The van der Waals surface area contributed by atoms with Gasteiger partial charge in [0.05, 0.1) is 12.0 Å². The Balaban J connectivity index is 2.20. The molecule has 1 atom stereocenters. The average molecular weight is 246 g/mol. The van der Waals surface area contributed by atoms with Crippen LogP contribution in [0.1, 0.15) is 18.9 Å². The maximum atomic E-state index is 9.02. The Bertz CT molecular complexity index is 479. The molecule has 1 heterocycles. The van der Waals surface area contributed by atoms with E-state index in [9.17, 15) is 0 Å². The Morgan fingerprint density at radius 2 is 2.06 bits per heavy atom. The molecule has 0 spiro atoms. The number of ether oxygens (including phenoxy) is 2. The van der Waals surface area contributed by atoms with Gasteiger partial charge in [0.15, 0.2) is 11.5 Å².